The minimum atomic E-state index is -0.998. The molecule has 0 spiro atoms. The Balaban J connectivity index is 1.65. The van der Waals surface area contributed by atoms with Gasteiger partial charge in [0.2, 0.25) is 29.5 Å². The topological polar surface area (TPSA) is 241 Å². The van der Waals surface area contributed by atoms with Crippen molar-refractivity contribution < 1.29 is 38.4 Å². The van der Waals surface area contributed by atoms with Gasteiger partial charge in [-0.1, -0.05) is 41.5 Å². The lowest BCUT2D eigenvalue weighted by Gasteiger charge is -2.35. The van der Waals surface area contributed by atoms with Gasteiger partial charge in [0.1, 0.15) is 24.4 Å². The molecular weight excluding hydrogens is 686 g/mol. The Kier molecular flexibility index (Phi) is 14.2. The average molecular weight is 742 g/mol. The van der Waals surface area contributed by atoms with Gasteiger partial charge >= 0.3 is 0 Å². The van der Waals surface area contributed by atoms with Crippen LogP contribution in [-0.2, 0) is 28.8 Å². The van der Waals surface area contributed by atoms with Crippen LogP contribution in [0.1, 0.15) is 75.1 Å². The van der Waals surface area contributed by atoms with E-state index in [9.17, 15) is 38.4 Å². The van der Waals surface area contributed by atoms with Crippen LogP contribution in [0.4, 0.5) is 0 Å². The minimum absolute atomic E-state index is 0.00325. The van der Waals surface area contributed by atoms with E-state index in [1.807, 2.05) is 20.8 Å². The van der Waals surface area contributed by atoms with Crippen molar-refractivity contribution in [3.63, 3.8) is 0 Å². The number of hydrogen-bond acceptors (Lipinski definition) is 10. The lowest BCUT2D eigenvalue weighted by atomic mass is 9.85. The minimum Gasteiger partial charge on any atom is -0.368 e. The van der Waals surface area contributed by atoms with Crippen molar-refractivity contribution >= 4 is 47.6 Å². The van der Waals surface area contributed by atoms with Crippen LogP contribution in [0, 0.1) is 10.8 Å². The molecule has 3 rings (SSSR count). The van der Waals surface area contributed by atoms with Crippen molar-refractivity contribution in [3.8, 4) is 0 Å². The Morgan fingerprint density at radius 3 is 1.49 bits per heavy atom. The summed E-state index contributed by atoms with van der Waals surface area (Å²) >= 11 is 0. The third-order valence-electron chi connectivity index (χ3n) is 9.29. The highest BCUT2D eigenvalue weighted by Crippen LogP contribution is 2.27. The van der Waals surface area contributed by atoms with Gasteiger partial charge in [0, 0.05) is 36.3 Å². The highest BCUT2D eigenvalue weighted by Gasteiger charge is 2.45. The molecule has 2 aliphatic rings. The standard InChI is InChI=1S/C36H55N9O8/c1-35(2,3)28(42-26(47)15-38-7)33(52)44-17-22(13-24(44)19-46)40-31(50)20-9-11-21(12-10-20)32(51)41-23-14-25(30(37)49)45(18-23)34(53)29(36(4,5)6)43-27(48)16-39-8/h9-12,19,22-25,28-29,38-39H,13-18H2,1-8H3,(H2,37,49)(H,40,50)(H,41,51)(H,42,47)(H,43,48). The molecule has 53 heavy (non-hydrogen) atoms. The van der Waals surface area contributed by atoms with Gasteiger partial charge in [-0.2, -0.15) is 0 Å². The molecule has 2 saturated heterocycles. The average Bonchev–Trinajstić information content (AvgIpc) is 3.69. The number of nitrogens with zero attached hydrogens (tertiary/aromatic N) is 2. The summed E-state index contributed by atoms with van der Waals surface area (Å²) in [6, 6.07) is 1.04. The first-order valence-corrected chi connectivity index (χ1v) is 17.7. The second kappa shape index (κ2) is 17.7. The summed E-state index contributed by atoms with van der Waals surface area (Å²) in [6.07, 6.45) is 0.925. The second-order valence-electron chi connectivity index (χ2n) is 15.8. The molecule has 0 aliphatic carbocycles. The van der Waals surface area contributed by atoms with E-state index in [1.54, 1.807) is 34.9 Å². The van der Waals surface area contributed by atoms with Gasteiger partial charge in [-0.15, -0.1) is 0 Å². The van der Waals surface area contributed by atoms with E-state index in [1.165, 1.54) is 34.1 Å². The number of likely N-dealkylation sites (tertiary alicyclic amines) is 2. The van der Waals surface area contributed by atoms with Gasteiger partial charge in [-0.3, -0.25) is 33.6 Å². The zero-order valence-electron chi connectivity index (χ0n) is 31.8. The van der Waals surface area contributed by atoms with Crippen LogP contribution in [0.2, 0.25) is 0 Å². The number of amides is 7. The first-order chi connectivity index (χ1) is 24.7. The van der Waals surface area contributed by atoms with Crippen LogP contribution in [-0.4, -0.2) is 134 Å². The summed E-state index contributed by atoms with van der Waals surface area (Å²) in [5.41, 5.74) is 4.77. The molecule has 6 unspecified atom stereocenters. The molecule has 8 N–H and O–H groups in total. The van der Waals surface area contributed by atoms with Crippen LogP contribution in [0.3, 0.4) is 0 Å². The monoisotopic (exact) mass is 741 g/mol. The Hall–Kier alpha value is -4.90. The molecule has 1 aromatic carbocycles. The second-order valence-corrected chi connectivity index (χ2v) is 15.8. The highest BCUT2D eigenvalue weighted by atomic mass is 16.2. The van der Waals surface area contributed by atoms with E-state index >= 15 is 0 Å². The molecule has 6 atom stereocenters. The fraction of sp³-hybridized carbons (Fsp3) is 0.611. The molecule has 1 aromatic rings. The number of carbonyl (C=O) groups excluding carboxylic acids is 8. The number of hydrogen-bond donors (Lipinski definition) is 7. The molecule has 0 saturated carbocycles. The molecule has 17 heteroatoms. The van der Waals surface area contributed by atoms with Crippen molar-refractivity contribution in [1.29, 1.82) is 0 Å². The Labute approximate surface area is 310 Å². The number of nitrogens with two attached hydrogens (primary N) is 1. The smallest absolute Gasteiger partial charge is 0.251 e. The maximum absolute atomic E-state index is 13.7. The van der Waals surface area contributed by atoms with Crippen LogP contribution in [0.5, 0.6) is 0 Å². The Morgan fingerprint density at radius 1 is 0.717 bits per heavy atom. The number of rotatable bonds is 14. The van der Waals surface area contributed by atoms with Crippen LogP contribution in [0.15, 0.2) is 24.3 Å². The number of benzene rings is 1. The predicted molar refractivity (Wildman–Crippen MR) is 195 cm³/mol. The van der Waals surface area contributed by atoms with Gasteiger partial charge in [-0.05, 0) is 62.0 Å². The summed E-state index contributed by atoms with van der Waals surface area (Å²) < 4.78 is 0. The SMILES string of the molecule is CNCC(=O)NC(C(=O)N1CC(NC(=O)c2ccc(C(=O)NC3CC(C(N)=O)N(C(=O)C(NC(=O)CNC)C(C)(C)C)C3)cc2)CC1C=O)C(C)(C)C. The first kappa shape index (κ1) is 42.5. The van der Waals surface area contributed by atoms with Gasteiger partial charge in [-0.25, -0.2) is 0 Å². The molecule has 292 valence electrons. The van der Waals surface area contributed by atoms with Gasteiger partial charge in [0.15, 0.2) is 0 Å². The highest BCUT2D eigenvalue weighted by molar-refractivity contribution is 5.99. The van der Waals surface area contributed by atoms with E-state index in [4.69, 9.17) is 5.73 Å². The van der Waals surface area contributed by atoms with E-state index in [-0.39, 0.29) is 62.0 Å². The van der Waals surface area contributed by atoms with E-state index in [2.05, 4.69) is 31.9 Å². The van der Waals surface area contributed by atoms with E-state index in [0.717, 1.165) is 0 Å². The summed E-state index contributed by atoms with van der Waals surface area (Å²) in [7, 11) is 3.22. The normalized spacial score (nSPS) is 21.3. The zero-order chi connectivity index (χ0) is 39.8. The summed E-state index contributed by atoms with van der Waals surface area (Å²) in [5, 5.41) is 16.7. The van der Waals surface area contributed by atoms with Crippen LogP contribution >= 0.6 is 0 Å². The molecule has 2 aliphatic heterocycles. The molecule has 17 nitrogen and oxygen atoms in total. The number of carbonyl (C=O) groups is 8. The molecular formula is C36H55N9O8. The van der Waals surface area contributed by atoms with Gasteiger partial charge < -0.3 is 52.2 Å². The van der Waals surface area contributed by atoms with E-state index in [0.29, 0.717) is 6.29 Å². The van der Waals surface area contributed by atoms with Crippen molar-refractivity contribution in [2.75, 3.05) is 40.3 Å². The quantitative estimate of drug-likeness (QED) is 0.106. The molecule has 7 amide bonds. The zero-order valence-corrected chi connectivity index (χ0v) is 31.8. The largest absolute Gasteiger partial charge is 0.368 e. The Morgan fingerprint density at radius 2 is 1.11 bits per heavy atom. The summed E-state index contributed by atoms with van der Waals surface area (Å²) in [6.45, 7) is 10.9. The Bertz CT molecular complexity index is 1550. The van der Waals surface area contributed by atoms with Crippen molar-refractivity contribution in [2.24, 2.45) is 16.6 Å². The fourth-order valence-corrected chi connectivity index (χ4v) is 6.49. The summed E-state index contributed by atoms with van der Waals surface area (Å²) in [5.74, 6) is -3.37. The lowest BCUT2D eigenvalue weighted by Crippen LogP contribution is -2.58. The summed E-state index contributed by atoms with van der Waals surface area (Å²) in [4.78, 5) is 105. The molecule has 2 heterocycles. The maximum Gasteiger partial charge on any atom is 0.251 e. The van der Waals surface area contributed by atoms with E-state index < -0.39 is 76.6 Å². The van der Waals surface area contributed by atoms with Crippen molar-refractivity contribution in [1.82, 2.24) is 41.7 Å². The molecule has 0 aromatic heterocycles. The van der Waals surface area contributed by atoms with Crippen molar-refractivity contribution in [2.45, 2.75) is 90.6 Å². The number of likely N-dealkylation sites (N-methyl/N-ethyl adjacent to an activating group) is 2. The third-order valence-corrected chi connectivity index (χ3v) is 9.29. The molecule has 0 bridgehead atoms. The predicted octanol–water partition coefficient (Wildman–Crippen LogP) is -1.73. The van der Waals surface area contributed by atoms with Crippen molar-refractivity contribution in [3.05, 3.63) is 35.4 Å². The molecule has 0 radical (unpaired) electrons. The fourth-order valence-electron chi connectivity index (χ4n) is 6.49. The maximum atomic E-state index is 13.7. The first-order valence-electron chi connectivity index (χ1n) is 17.7. The number of nitrogens with one attached hydrogen (secondary N) is 6. The number of aldehydes is 1. The lowest BCUT2D eigenvalue weighted by molar-refractivity contribution is -0.143. The number of primary amides is 1. The van der Waals surface area contributed by atoms with Crippen LogP contribution < -0.4 is 37.6 Å². The van der Waals surface area contributed by atoms with Crippen LogP contribution in [0.25, 0.3) is 0 Å². The van der Waals surface area contributed by atoms with Gasteiger partial charge in [0.05, 0.1) is 19.1 Å². The third kappa shape index (κ3) is 11.1. The molecule has 2 fully saturated rings. The van der Waals surface area contributed by atoms with Gasteiger partial charge in [0.25, 0.3) is 11.8 Å².